The first-order valence-electron chi connectivity index (χ1n) is 7.49. The number of rotatable bonds is 5. The maximum Gasteiger partial charge on any atom is 0.343 e. The first-order chi connectivity index (χ1) is 11.6. The van der Waals surface area contributed by atoms with Crippen molar-refractivity contribution in [2.24, 2.45) is 7.05 Å². The molecule has 0 aliphatic heterocycles. The minimum Gasteiger partial charge on any atom is -0.462 e. The van der Waals surface area contributed by atoms with Crippen molar-refractivity contribution < 1.29 is 14.3 Å². The van der Waals surface area contributed by atoms with Crippen molar-refractivity contribution in [1.82, 2.24) is 19.3 Å². The third-order valence-electron chi connectivity index (χ3n) is 3.53. The molecule has 8 nitrogen and oxygen atoms in total. The zero-order chi connectivity index (χ0) is 17.1. The molecule has 0 aliphatic carbocycles. The molecule has 2 aromatic heterocycles. The van der Waals surface area contributed by atoms with Gasteiger partial charge in [0.1, 0.15) is 17.9 Å². The molecule has 1 aromatic carbocycles. The molecule has 1 amide bonds. The fraction of sp³-hybridized carbons (Fsp3) is 0.250. The predicted octanol–water partition coefficient (Wildman–Crippen LogP) is 1.59. The van der Waals surface area contributed by atoms with Gasteiger partial charge in [0.15, 0.2) is 0 Å². The van der Waals surface area contributed by atoms with Gasteiger partial charge in [-0.2, -0.15) is 5.10 Å². The molecule has 0 saturated heterocycles. The summed E-state index contributed by atoms with van der Waals surface area (Å²) in [5.74, 6) is -0.496. The molecule has 124 valence electrons. The summed E-state index contributed by atoms with van der Waals surface area (Å²) < 4.78 is 8.14. The van der Waals surface area contributed by atoms with Crippen LogP contribution in [0.15, 0.2) is 36.8 Å². The molecule has 0 bridgehead atoms. The van der Waals surface area contributed by atoms with Gasteiger partial charge in [0, 0.05) is 7.05 Å². The fourth-order valence-corrected chi connectivity index (χ4v) is 2.41. The lowest BCUT2D eigenvalue weighted by atomic mass is 10.3. The van der Waals surface area contributed by atoms with E-state index in [0.717, 1.165) is 11.0 Å². The average Bonchev–Trinajstić information content (AvgIpc) is 3.13. The van der Waals surface area contributed by atoms with E-state index in [-0.39, 0.29) is 24.6 Å². The minimum absolute atomic E-state index is 0.0773. The highest BCUT2D eigenvalue weighted by Crippen LogP contribution is 2.16. The van der Waals surface area contributed by atoms with Gasteiger partial charge < -0.3 is 14.6 Å². The number of aromatic nitrogens is 4. The number of benzene rings is 1. The van der Waals surface area contributed by atoms with Crippen LogP contribution in [0.4, 0.5) is 5.82 Å². The largest absolute Gasteiger partial charge is 0.462 e. The van der Waals surface area contributed by atoms with Crippen molar-refractivity contribution in [2.75, 3.05) is 11.9 Å². The Hall–Kier alpha value is -3.16. The normalized spacial score (nSPS) is 10.8. The number of imidazole rings is 1. The molecule has 1 N–H and O–H groups in total. The topological polar surface area (TPSA) is 91.0 Å². The van der Waals surface area contributed by atoms with Crippen molar-refractivity contribution in [1.29, 1.82) is 0 Å². The van der Waals surface area contributed by atoms with Crippen LogP contribution in [0.25, 0.3) is 11.0 Å². The van der Waals surface area contributed by atoms with Crippen molar-refractivity contribution in [3.05, 3.63) is 42.4 Å². The van der Waals surface area contributed by atoms with Crippen LogP contribution in [-0.4, -0.2) is 37.8 Å². The smallest absolute Gasteiger partial charge is 0.343 e. The Morgan fingerprint density at radius 1 is 1.29 bits per heavy atom. The number of fused-ring (bicyclic) bond motifs is 1. The standard InChI is InChI=1S/C16H17N5O3/c1-3-24-16(23)11-8-18-20(2)15(11)19-14(22)9-21-10-17-12-6-4-5-7-13(12)21/h4-8,10H,3,9H2,1-2H3,(H,19,22). The summed E-state index contributed by atoms with van der Waals surface area (Å²) in [6.45, 7) is 2.05. The van der Waals surface area contributed by atoms with Crippen molar-refractivity contribution in [3.8, 4) is 0 Å². The van der Waals surface area contributed by atoms with Gasteiger partial charge >= 0.3 is 5.97 Å². The second-order valence-corrected chi connectivity index (χ2v) is 5.16. The second-order valence-electron chi connectivity index (χ2n) is 5.16. The molecule has 3 aromatic rings. The molecule has 0 spiro atoms. The van der Waals surface area contributed by atoms with Gasteiger partial charge in [0.25, 0.3) is 0 Å². The Labute approximate surface area is 138 Å². The maximum absolute atomic E-state index is 12.4. The van der Waals surface area contributed by atoms with Crippen LogP contribution in [0.1, 0.15) is 17.3 Å². The van der Waals surface area contributed by atoms with Gasteiger partial charge in [-0.25, -0.2) is 9.78 Å². The van der Waals surface area contributed by atoms with E-state index >= 15 is 0 Å². The predicted molar refractivity (Wildman–Crippen MR) is 87.5 cm³/mol. The number of nitrogens with zero attached hydrogens (tertiary/aromatic N) is 4. The molecule has 8 heteroatoms. The highest BCUT2D eigenvalue weighted by atomic mass is 16.5. The second kappa shape index (κ2) is 6.53. The number of hydrogen-bond donors (Lipinski definition) is 1. The highest BCUT2D eigenvalue weighted by Gasteiger charge is 2.19. The number of ether oxygens (including phenoxy) is 1. The lowest BCUT2D eigenvalue weighted by Gasteiger charge is -2.09. The van der Waals surface area contributed by atoms with Gasteiger partial charge in [-0.15, -0.1) is 0 Å². The molecule has 0 atom stereocenters. The van der Waals surface area contributed by atoms with Crippen LogP contribution >= 0.6 is 0 Å². The third kappa shape index (κ3) is 2.98. The summed E-state index contributed by atoms with van der Waals surface area (Å²) in [6.07, 6.45) is 2.99. The first-order valence-corrected chi connectivity index (χ1v) is 7.49. The number of para-hydroxylation sites is 2. The van der Waals surface area contributed by atoms with Gasteiger partial charge in [0.2, 0.25) is 5.91 Å². The number of esters is 1. The van der Waals surface area contributed by atoms with Crippen LogP contribution in [-0.2, 0) is 23.1 Å². The quantitative estimate of drug-likeness (QED) is 0.719. The van der Waals surface area contributed by atoms with E-state index in [9.17, 15) is 9.59 Å². The molecule has 0 saturated carbocycles. The van der Waals surface area contributed by atoms with Gasteiger partial charge in [0.05, 0.1) is 30.2 Å². The molecule has 24 heavy (non-hydrogen) atoms. The van der Waals surface area contributed by atoms with Crippen LogP contribution in [0, 0.1) is 0 Å². The Balaban J connectivity index is 1.78. The monoisotopic (exact) mass is 327 g/mol. The summed E-state index contributed by atoms with van der Waals surface area (Å²) in [4.78, 5) is 28.5. The number of hydrogen-bond acceptors (Lipinski definition) is 5. The van der Waals surface area contributed by atoms with Crippen molar-refractivity contribution >= 4 is 28.7 Å². The van der Waals surface area contributed by atoms with E-state index in [1.54, 1.807) is 24.9 Å². The van der Waals surface area contributed by atoms with E-state index in [0.29, 0.717) is 5.82 Å². The first kappa shape index (κ1) is 15.7. The minimum atomic E-state index is -0.519. The lowest BCUT2D eigenvalue weighted by Crippen LogP contribution is -2.21. The summed E-state index contributed by atoms with van der Waals surface area (Å²) in [7, 11) is 1.64. The third-order valence-corrected chi connectivity index (χ3v) is 3.53. The van der Waals surface area contributed by atoms with Gasteiger partial charge in [-0.05, 0) is 19.1 Å². The summed E-state index contributed by atoms with van der Waals surface area (Å²) in [6, 6.07) is 7.55. The Kier molecular flexibility index (Phi) is 4.28. The maximum atomic E-state index is 12.4. The molecule has 3 rings (SSSR count). The highest BCUT2D eigenvalue weighted by molar-refractivity contribution is 6.00. The molecular formula is C16H17N5O3. The van der Waals surface area contributed by atoms with Gasteiger partial charge in [-0.1, -0.05) is 12.1 Å². The van der Waals surface area contributed by atoms with E-state index < -0.39 is 5.97 Å². The van der Waals surface area contributed by atoms with Crippen LogP contribution < -0.4 is 5.32 Å². The number of nitrogens with one attached hydrogen (secondary N) is 1. The molecule has 0 unspecified atom stereocenters. The molecule has 0 aliphatic rings. The summed E-state index contributed by atoms with van der Waals surface area (Å²) in [5, 5.41) is 6.72. The zero-order valence-corrected chi connectivity index (χ0v) is 13.4. The number of amides is 1. The van der Waals surface area contributed by atoms with Crippen LogP contribution in [0.2, 0.25) is 0 Å². The lowest BCUT2D eigenvalue weighted by molar-refractivity contribution is -0.116. The number of carbonyl (C=O) groups is 2. The molecular weight excluding hydrogens is 310 g/mol. The van der Waals surface area contributed by atoms with E-state index in [2.05, 4.69) is 15.4 Å². The van der Waals surface area contributed by atoms with Gasteiger partial charge in [-0.3, -0.25) is 9.48 Å². The van der Waals surface area contributed by atoms with Crippen molar-refractivity contribution in [2.45, 2.75) is 13.5 Å². The Morgan fingerprint density at radius 2 is 2.08 bits per heavy atom. The molecule has 2 heterocycles. The SMILES string of the molecule is CCOC(=O)c1cnn(C)c1NC(=O)Cn1cnc2ccccc21. The Bertz CT molecular complexity index is 896. The van der Waals surface area contributed by atoms with Crippen LogP contribution in [0.5, 0.6) is 0 Å². The van der Waals surface area contributed by atoms with Crippen molar-refractivity contribution in [3.63, 3.8) is 0 Å². The fourth-order valence-electron chi connectivity index (χ4n) is 2.41. The summed E-state index contributed by atoms with van der Waals surface area (Å²) >= 11 is 0. The van der Waals surface area contributed by atoms with E-state index in [4.69, 9.17) is 4.74 Å². The molecule has 0 radical (unpaired) electrons. The number of carbonyl (C=O) groups excluding carboxylic acids is 2. The number of anilines is 1. The summed E-state index contributed by atoms with van der Waals surface area (Å²) in [5.41, 5.74) is 1.91. The molecule has 0 fully saturated rings. The Morgan fingerprint density at radius 3 is 2.88 bits per heavy atom. The number of aryl methyl sites for hydroxylation is 1. The van der Waals surface area contributed by atoms with E-state index in [1.807, 2.05) is 24.3 Å². The van der Waals surface area contributed by atoms with Crippen LogP contribution in [0.3, 0.4) is 0 Å². The average molecular weight is 327 g/mol. The van der Waals surface area contributed by atoms with E-state index in [1.165, 1.54) is 10.9 Å². The zero-order valence-electron chi connectivity index (χ0n) is 13.4.